The minimum Gasteiger partial charge on any atom is -0.339 e. The molecule has 1 N–H and O–H groups in total. The number of aromatic nitrogens is 2. The predicted molar refractivity (Wildman–Crippen MR) is 90.8 cm³/mol. The van der Waals surface area contributed by atoms with Crippen molar-refractivity contribution >= 4 is 17.5 Å². The summed E-state index contributed by atoms with van der Waals surface area (Å²) in [7, 11) is 3.88. The first-order chi connectivity index (χ1) is 11.5. The Bertz CT molecular complexity index is 723. The first-order valence-corrected chi connectivity index (χ1v) is 8.42. The van der Waals surface area contributed by atoms with E-state index in [9.17, 15) is 4.79 Å². The highest BCUT2D eigenvalue weighted by Crippen LogP contribution is 2.37. The summed E-state index contributed by atoms with van der Waals surface area (Å²) in [5.74, 6) is 0.948. The number of amides is 1. The normalized spacial score (nSPS) is 16.5. The largest absolute Gasteiger partial charge is 0.339 e. The van der Waals surface area contributed by atoms with Gasteiger partial charge in [-0.2, -0.15) is 4.98 Å². The zero-order valence-electron chi connectivity index (χ0n) is 13.9. The Balaban J connectivity index is 1.83. The highest BCUT2D eigenvalue weighted by Gasteiger charge is 2.41. The molecule has 1 aromatic carbocycles. The van der Waals surface area contributed by atoms with Gasteiger partial charge in [0.05, 0.1) is 6.54 Å². The maximum atomic E-state index is 12.7. The third kappa shape index (κ3) is 3.60. The topological polar surface area (TPSA) is 71.3 Å². The molecule has 1 amide bonds. The molecule has 1 saturated carbocycles. The number of hydrogen-bond donors (Lipinski definition) is 1. The number of benzene rings is 1. The van der Waals surface area contributed by atoms with E-state index in [2.05, 4.69) is 15.5 Å². The second-order valence-electron chi connectivity index (χ2n) is 6.50. The number of nitrogens with zero attached hydrogens (tertiary/aromatic N) is 3. The van der Waals surface area contributed by atoms with E-state index in [0.717, 1.165) is 25.7 Å². The van der Waals surface area contributed by atoms with Crippen LogP contribution in [0.3, 0.4) is 0 Å². The van der Waals surface area contributed by atoms with Gasteiger partial charge < -0.3 is 14.7 Å². The van der Waals surface area contributed by atoms with E-state index >= 15 is 0 Å². The third-order valence-corrected chi connectivity index (χ3v) is 4.48. The van der Waals surface area contributed by atoms with Crippen molar-refractivity contribution in [3.8, 4) is 0 Å². The molecule has 1 aromatic heterocycles. The van der Waals surface area contributed by atoms with Gasteiger partial charge in [-0.05, 0) is 45.1 Å². The molecule has 1 aliphatic rings. The van der Waals surface area contributed by atoms with Gasteiger partial charge in [-0.1, -0.05) is 35.7 Å². The van der Waals surface area contributed by atoms with Crippen LogP contribution in [0.4, 0.5) is 0 Å². The van der Waals surface area contributed by atoms with Crippen molar-refractivity contribution < 1.29 is 9.32 Å². The molecule has 0 bridgehead atoms. The molecule has 0 aliphatic heterocycles. The van der Waals surface area contributed by atoms with Gasteiger partial charge in [-0.25, -0.2) is 0 Å². The van der Waals surface area contributed by atoms with Crippen LogP contribution < -0.4 is 5.32 Å². The van der Waals surface area contributed by atoms with Crippen LogP contribution in [0.5, 0.6) is 0 Å². The Morgan fingerprint density at radius 2 is 2.12 bits per heavy atom. The molecule has 0 radical (unpaired) electrons. The minimum atomic E-state index is -0.562. The zero-order chi connectivity index (χ0) is 17.2. The molecule has 0 unspecified atom stereocenters. The molecule has 0 spiro atoms. The van der Waals surface area contributed by atoms with Crippen molar-refractivity contribution in [1.29, 1.82) is 0 Å². The molecule has 2 aromatic rings. The Kier molecular flexibility index (Phi) is 4.87. The van der Waals surface area contributed by atoms with E-state index in [-0.39, 0.29) is 5.91 Å². The fraction of sp³-hybridized carbons (Fsp3) is 0.471. The van der Waals surface area contributed by atoms with Crippen molar-refractivity contribution in [2.45, 2.75) is 37.8 Å². The van der Waals surface area contributed by atoms with Crippen LogP contribution in [-0.2, 0) is 12.1 Å². The lowest BCUT2D eigenvalue weighted by Gasteiger charge is -2.26. The molecule has 128 valence electrons. The standard InChI is InChI=1S/C17H21ClN4O2/c1-22(2)11-14-19-16(21-24-14)17(8-3-4-9-17)20-15(23)12-6-5-7-13(18)10-12/h5-7,10H,3-4,8-9,11H2,1-2H3,(H,20,23). The number of carbonyl (C=O) groups excluding carboxylic acids is 1. The van der Waals surface area contributed by atoms with E-state index < -0.39 is 5.54 Å². The second-order valence-corrected chi connectivity index (χ2v) is 6.94. The molecule has 7 heteroatoms. The molecule has 0 saturated heterocycles. The summed E-state index contributed by atoms with van der Waals surface area (Å²) in [5, 5.41) is 7.79. The Morgan fingerprint density at radius 1 is 1.38 bits per heavy atom. The number of halogens is 1. The molecular weight excluding hydrogens is 328 g/mol. The van der Waals surface area contributed by atoms with Crippen molar-refractivity contribution in [2.75, 3.05) is 14.1 Å². The van der Waals surface area contributed by atoms with Crippen molar-refractivity contribution in [3.05, 3.63) is 46.6 Å². The Labute approximate surface area is 146 Å². The molecule has 1 fully saturated rings. The summed E-state index contributed by atoms with van der Waals surface area (Å²) in [4.78, 5) is 19.1. The van der Waals surface area contributed by atoms with Crippen LogP contribution in [0, 0.1) is 0 Å². The fourth-order valence-electron chi connectivity index (χ4n) is 3.09. The molecular formula is C17H21ClN4O2. The van der Waals surface area contributed by atoms with Crippen molar-refractivity contribution in [1.82, 2.24) is 20.4 Å². The average Bonchev–Trinajstić information content (AvgIpc) is 3.17. The number of rotatable bonds is 5. The lowest BCUT2D eigenvalue weighted by molar-refractivity contribution is 0.0892. The molecule has 1 heterocycles. The average molecular weight is 349 g/mol. The van der Waals surface area contributed by atoms with Crippen LogP contribution in [-0.4, -0.2) is 35.0 Å². The van der Waals surface area contributed by atoms with Gasteiger partial charge in [-0.15, -0.1) is 0 Å². The van der Waals surface area contributed by atoms with Crippen LogP contribution >= 0.6 is 11.6 Å². The van der Waals surface area contributed by atoms with Gasteiger partial charge in [-0.3, -0.25) is 4.79 Å². The first kappa shape index (κ1) is 16.9. The van der Waals surface area contributed by atoms with E-state index in [0.29, 0.717) is 28.8 Å². The van der Waals surface area contributed by atoms with Crippen LogP contribution in [0.25, 0.3) is 0 Å². The van der Waals surface area contributed by atoms with Gasteiger partial charge in [0, 0.05) is 10.6 Å². The van der Waals surface area contributed by atoms with Crippen molar-refractivity contribution in [3.63, 3.8) is 0 Å². The van der Waals surface area contributed by atoms with Gasteiger partial charge in [0.2, 0.25) is 5.89 Å². The van der Waals surface area contributed by atoms with E-state index in [1.807, 2.05) is 19.0 Å². The van der Waals surface area contributed by atoms with E-state index in [1.165, 1.54) is 0 Å². The van der Waals surface area contributed by atoms with Crippen LogP contribution in [0.15, 0.2) is 28.8 Å². The maximum Gasteiger partial charge on any atom is 0.252 e. The van der Waals surface area contributed by atoms with Crippen LogP contribution in [0.1, 0.15) is 47.8 Å². The lowest BCUT2D eigenvalue weighted by atomic mass is 9.96. The van der Waals surface area contributed by atoms with Gasteiger partial charge in [0.15, 0.2) is 5.82 Å². The number of carbonyl (C=O) groups is 1. The monoisotopic (exact) mass is 348 g/mol. The maximum absolute atomic E-state index is 12.7. The quantitative estimate of drug-likeness (QED) is 0.899. The van der Waals surface area contributed by atoms with E-state index in [4.69, 9.17) is 16.1 Å². The lowest BCUT2D eigenvalue weighted by Crippen LogP contribution is -2.44. The summed E-state index contributed by atoms with van der Waals surface area (Å²) in [6.07, 6.45) is 3.65. The minimum absolute atomic E-state index is 0.168. The number of hydrogen-bond acceptors (Lipinski definition) is 5. The Hall–Kier alpha value is -1.92. The molecule has 3 rings (SSSR count). The summed E-state index contributed by atoms with van der Waals surface area (Å²) < 4.78 is 5.34. The molecule has 0 atom stereocenters. The van der Waals surface area contributed by atoms with E-state index in [1.54, 1.807) is 24.3 Å². The SMILES string of the molecule is CN(C)Cc1nc(C2(NC(=O)c3cccc(Cl)c3)CCCC2)no1. The highest BCUT2D eigenvalue weighted by molar-refractivity contribution is 6.30. The predicted octanol–water partition coefficient (Wildman–Crippen LogP) is 2.98. The van der Waals surface area contributed by atoms with Gasteiger partial charge >= 0.3 is 0 Å². The zero-order valence-corrected chi connectivity index (χ0v) is 14.6. The van der Waals surface area contributed by atoms with Crippen molar-refractivity contribution in [2.24, 2.45) is 0 Å². The smallest absolute Gasteiger partial charge is 0.252 e. The molecule has 24 heavy (non-hydrogen) atoms. The fourth-order valence-corrected chi connectivity index (χ4v) is 3.28. The second kappa shape index (κ2) is 6.91. The van der Waals surface area contributed by atoms with Crippen LogP contribution in [0.2, 0.25) is 5.02 Å². The summed E-state index contributed by atoms with van der Waals surface area (Å²) >= 11 is 5.98. The first-order valence-electron chi connectivity index (χ1n) is 8.04. The molecule has 6 nitrogen and oxygen atoms in total. The summed E-state index contributed by atoms with van der Waals surface area (Å²) in [6, 6.07) is 6.92. The highest BCUT2D eigenvalue weighted by atomic mass is 35.5. The van der Waals surface area contributed by atoms with Gasteiger partial charge in [0.25, 0.3) is 5.91 Å². The Morgan fingerprint density at radius 3 is 2.79 bits per heavy atom. The molecule has 1 aliphatic carbocycles. The summed E-state index contributed by atoms with van der Waals surface area (Å²) in [6.45, 7) is 0.575. The summed E-state index contributed by atoms with van der Waals surface area (Å²) in [5.41, 5.74) is -0.0289. The van der Waals surface area contributed by atoms with Gasteiger partial charge in [0.1, 0.15) is 5.54 Å². The number of nitrogens with one attached hydrogen (secondary N) is 1. The third-order valence-electron chi connectivity index (χ3n) is 4.24.